The van der Waals surface area contributed by atoms with Crippen molar-refractivity contribution in [2.75, 3.05) is 0 Å². The van der Waals surface area contributed by atoms with Gasteiger partial charge in [0.2, 0.25) is 0 Å². The van der Waals surface area contributed by atoms with Crippen molar-refractivity contribution < 1.29 is 9.05 Å². The van der Waals surface area contributed by atoms with Crippen molar-refractivity contribution in [3.05, 3.63) is 95.6 Å². The van der Waals surface area contributed by atoms with E-state index in [0.717, 1.165) is 11.5 Å². The summed E-state index contributed by atoms with van der Waals surface area (Å²) in [5, 5.41) is 0.150. The highest BCUT2D eigenvalue weighted by atomic mass is 32.9. The van der Waals surface area contributed by atoms with Crippen LogP contribution in [0.1, 0.15) is 68.4 Å². The molecule has 0 aromatic heterocycles. The highest BCUT2D eigenvalue weighted by Crippen LogP contribution is 2.64. The SMILES string of the molecule is CC(C)c1ccc(OP(=S)(Oc2ccc(C(C)C)cc2)SC(C)c2ccccc2)cc1. The van der Waals surface area contributed by atoms with Crippen LogP contribution in [0.15, 0.2) is 78.9 Å². The molecule has 3 rings (SSSR count). The summed E-state index contributed by atoms with van der Waals surface area (Å²) in [5.74, 6) is 2.44. The van der Waals surface area contributed by atoms with Crippen molar-refractivity contribution >= 4 is 28.9 Å². The molecular weight excluding hydrogens is 439 g/mol. The van der Waals surface area contributed by atoms with E-state index in [2.05, 4.69) is 71.0 Å². The van der Waals surface area contributed by atoms with E-state index in [1.165, 1.54) is 16.7 Å². The lowest BCUT2D eigenvalue weighted by Crippen LogP contribution is -2.01. The first-order chi connectivity index (χ1) is 14.8. The van der Waals surface area contributed by atoms with Gasteiger partial charge in [-0.3, -0.25) is 0 Å². The third-order valence-electron chi connectivity index (χ3n) is 5.08. The van der Waals surface area contributed by atoms with Crippen LogP contribution in [0.25, 0.3) is 0 Å². The Morgan fingerprint density at radius 2 is 1.03 bits per heavy atom. The van der Waals surface area contributed by atoms with Gasteiger partial charge in [-0.15, -0.1) is 0 Å². The molecule has 1 atom stereocenters. The van der Waals surface area contributed by atoms with Gasteiger partial charge in [-0.05, 0) is 82.9 Å². The van der Waals surface area contributed by atoms with E-state index >= 15 is 0 Å². The summed E-state index contributed by atoms with van der Waals surface area (Å²) >= 11 is 7.63. The molecule has 0 saturated carbocycles. The number of benzene rings is 3. The molecule has 3 aromatic carbocycles. The van der Waals surface area contributed by atoms with Gasteiger partial charge in [-0.2, -0.15) is 0 Å². The molecule has 0 aliphatic rings. The number of hydrogen-bond donors (Lipinski definition) is 0. The largest absolute Gasteiger partial charge is 0.428 e. The van der Waals surface area contributed by atoms with Crippen LogP contribution in [-0.2, 0) is 11.8 Å². The van der Waals surface area contributed by atoms with Crippen LogP contribution in [0.5, 0.6) is 11.5 Å². The van der Waals surface area contributed by atoms with Crippen molar-refractivity contribution in [2.24, 2.45) is 0 Å². The molecule has 0 fully saturated rings. The van der Waals surface area contributed by atoms with Gasteiger partial charge in [0.1, 0.15) is 11.5 Å². The van der Waals surface area contributed by atoms with E-state index < -0.39 is 5.69 Å². The molecule has 0 saturated heterocycles. The topological polar surface area (TPSA) is 18.5 Å². The van der Waals surface area contributed by atoms with Crippen LogP contribution in [0, 0.1) is 0 Å². The maximum absolute atomic E-state index is 6.38. The minimum Gasteiger partial charge on any atom is -0.428 e. The van der Waals surface area contributed by atoms with Crippen molar-refractivity contribution in [1.29, 1.82) is 0 Å². The van der Waals surface area contributed by atoms with Crippen molar-refractivity contribution in [1.82, 2.24) is 0 Å². The van der Waals surface area contributed by atoms with E-state index in [9.17, 15) is 0 Å². The Labute approximate surface area is 196 Å². The Morgan fingerprint density at radius 1 is 0.613 bits per heavy atom. The van der Waals surface area contributed by atoms with Gasteiger partial charge in [0, 0.05) is 5.25 Å². The van der Waals surface area contributed by atoms with Crippen molar-refractivity contribution in [3.63, 3.8) is 0 Å². The van der Waals surface area contributed by atoms with E-state index in [-0.39, 0.29) is 5.25 Å². The monoisotopic (exact) mass is 470 g/mol. The predicted molar refractivity (Wildman–Crippen MR) is 139 cm³/mol. The molecule has 1 unspecified atom stereocenters. The lowest BCUT2D eigenvalue weighted by Gasteiger charge is -2.26. The van der Waals surface area contributed by atoms with Crippen LogP contribution < -0.4 is 9.05 Å². The standard InChI is InChI=1S/C26H31O2PS2/c1-19(2)22-11-15-25(16-12-22)27-29(30,31-21(5)24-9-7-6-8-10-24)28-26-17-13-23(14-18-26)20(3)4/h6-21H,1-5H3. The quantitative estimate of drug-likeness (QED) is 0.290. The summed E-state index contributed by atoms with van der Waals surface area (Å²) in [4.78, 5) is 0. The predicted octanol–water partition coefficient (Wildman–Crippen LogP) is 9.11. The summed E-state index contributed by atoms with van der Waals surface area (Å²) in [5.41, 5.74) is 1.04. The minimum absolute atomic E-state index is 0.150. The summed E-state index contributed by atoms with van der Waals surface area (Å²) in [7, 11) is 0. The fourth-order valence-electron chi connectivity index (χ4n) is 3.13. The maximum atomic E-state index is 6.38. The summed E-state index contributed by atoms with van der Waals surface area (Å²) in [6, 6.07) is 26.7. The normalized spacial score (nSPS) is 12.7. The fraction of sp³-hybridized carbons (Fsp3) is 0.308. The second-order valence-corrected chi connectivity index (χ2v) is 14.6. The molecule has 0 N–H and O–H groups in total. The van der Waals surface area contributed by atoms with Crippen LogP contribution in [0.4, 0.5) is 0 Å². The zero-order valence-electron chi connectivity index (χ0n) is 18.8. The van der Waals surface area contributed by atoms with Gasteiger partial charge in [0.25, 0.3) is 0 Å². The average molecular weight is 471 g/mol. The van der Waals surface area contributed by atoms with E-state index in [1.54, 1.807) is 11.4 Å². The molecule has 0 radical (unpaired) electrons. The Kier molecular flexibility index (Phi) is 8.27. The highest BCUT2D eigenvalue weighted by molar-refractivity contribution is 8.68. The Bertz CT molecular complexity index is 942. The molecule has 0 amide bonds. The van der Waals surface area contributed by atoms with Crippen molar-refractivity contribution in [2.45, 2.75) is 51.7 Å². The maximum Gasteiger partial charge on any atom is 0.349 e. The molecule has 0 spiro atoms. The van der Waals surface area contributed by atoms with Gasteiger partial charge in [0.05, 0.1) is 0 Å². The third kappa shape index (κ3) is 6.87. The molecule has 0 aliphatic heterocycles. The summed E-state index contributed by atoms with van der Waals surface area (Å²) in [6.07, 6.45) is 0. The lowest BCUT2D eigenvalue weighted by molar-refractivity contribution is 0.506. The molecule has 0 bridgehead atoms. The second-order valence-electron chi connectivity index (χ2n) is 8.24. The molecule has 2 nitrogen and oxygen atoms in total. The lowest BCUT2D eigenvalue weighted by atomic mass is 10.0. The zero-order chi connectivity index (χ0) is 22.4. The third-order valence-corrected chi connectivity index (χ3v) is 10.2. The molecule has 0 aliphatic carbocycles. The van der Waals surface area contributed by atoms with E-state index in [4.69, 9.17) is 20.9 Å². The van der Waals surface area contributed by atoms with Gasteiger partial charge < -0.3 is 9.05 Å². The Hall–Kier alpha value is -1.74. The molecule has 5 heteroatoms. The van der Waals surface area contributed by atoms with Gasteiger partial charge in [-0.25, -0.2) is 0 Å². The highest BCUT2D eigenvalue weighted by Gasteiger charge is 2.28. The number of rotatable bonds is 9. The first-order valence-electron chi connectivity index (χ1n) is 10.7. The zero-order valence-corrected chi connectivity index (χ0v) is 21.3. The molecule has 164 valence electrons. The fourth-order valence-corrected chi connectivity index (χ4v) is 8.65. The van der Waals surface area contributed by atoms with E-state index in [1.807, 2.05) is 42.5 Å². The Balaban J connectivity index is 1.85. The Morgan fingerprint density at radius 3 is 1.42 bits per heavy atom. The first kappa shape index (κ1) is 23.9. The second kappa shape index (κ2) is 10.7. The molecular formula is C26H31O2PS2. The molecule has 0 heterocycles. The minimum atomic E-state index is -2.71. The van der Waals surface area contributed by atoms with Crippen LogP contribution in [0.3, 0.4) is 0 Å². The summed E-state index contributed by atoms with van der Waals surface area (Å²) in [6.45, 7) is 10.9. The number of hydrogen-bond acceptors (Lipinski definition) is 4. The first-order valence-corrected chi connectivity index (χ1v) is 14.8. The van der Waals surface area contributed by atoms with Crippen LogP contribution in [0.2, 0.25) is 0 Å². The van der Waals surface area contributed by atoms with Crippen LogP contribution in [-0.4, -0.2) is 0 Å². The van der Waals surface area contributed by atoms with Crippen LogP contribution >= 0.6 is 17.1 Å². The van der Waals surface area contributed by atoms with Gasteiger partial charge >= 0.3 is 5.69 Å². The van der Waals surface area contributed by atoms with Crippen molar-refractivity contribution in [3.8, 4) is 11.5 Å². The molecule has 31 heavy (non-hydrogen) atoms. The smallest absolute Gasteiger partial charge is 0.349 e. The molecule has 3 aromatic rings. The van der Waals surface area contributed by atoms with Gasteiger partial charge in [0.15, 0.2) is 0 Å². The van der Waals surface area contributed by atoms with Gasteiger partial charge in [-0.1, -0.05) is 82.3 Å². The average Bonchev–Trinajstić information content (AvgIpc) is 2.75. The van der Waals surface area contributed by atoms with E-state index in [0.29, 0.717) is 11.8 Å². The summed E-state index contributed by atoms with van der Waals surface area (Å²) < 4.78 is 12.8.